The summed E-state index contributed by atoms with van der Waals surface area (Å²) in [5.41, 5.74) is 13.9. The summed E-state index contributed by atoms with van der Waals surface area (Å²) in [6, 6.07) is 74.4. The third-order valence-corrected chi connectivity index (χ3v) is 11.2. The van der Waals surface area contributed by atoms with Gasteiger partial charge in [0.25, 0.3) is 0 Å². The van der Waals surface area contributed by atoms with Crippen LogP contribution in [0.3, 0.4) is 0 Å². The van der Waals surface area contributed by atoms with Gasteiger partial charge in [0.05, 0.1) is 0 Å². The number of anilines is 4. The number of benzene rings is 8. The fourth-order valence-corrected chi connectivity index (χ4v) is 8.35. The first kappa shape index (κ1) is 38.8. The Morgan fingerprint density at radius 3 is 1.84 bits per heavy atom. The van der Waals surface area contributed by atoms with Crippen LogP contribution in [0.5, 0.6) is 11.5 Å². The second-order valence-corrected chi connectivity index (χ2v) is 14.9. The maximum atomic E-state index is 6.60. The molecule has 0 aliphatic carbocycles. The van der Waals surface area contributed by atoms with E-state index >= 15 is 0 Å². The molecule has 298 valence electrons. The maximum Gasteiger partial charge on any atom is 4.00 e. The summed E-state index contributed by atoms with van der Waals surface area (Å²) in [4.78, 5) is 8.64. The van der Waals surface area contributed by atoms with Crippen LogP contribution >= 0.6 is 0 Å². The fraction of sp³-hybridized carbons (Fsp3) is 0.0182. The minimum absolute atomic E-state index is 0. The van der Waals surface area contributed by atoms with Crippen LogP contribution in [0.4, 0.5) is 28.4 Å². The van der Waals surface area contributed by atoms with Crippen molar-refractivity contribution in [3.05, 3.63) is 231 Å². The molecule has 8 aromatic carbocycles. The van der Waals surface area contributed by atoms with Crippen LogP contribution in [0.2, 0.25) is 0 Å². The van der Waals surface area contributed by atoms with E-state index in [1.807, 2.05) is 42.7 Å². The Morgan fingerprint density at radius 1 is 0.500 bits per heavy atom. The van der Waals surface area contributed by atoms with E-state index in [4.69, 9.17) is 10.1 Å². The maximum absolute atomic E-state index is 6.60. The van der Waals surface area contributed by atoms with Gasteiger partial charge in [0, 0.05) is 57.6 Å². The van der Waals surface area contributed by atoms with E-state index in [0.717, 1.165) is 83.6 Å². The van der Waals surface area contributed by atoms with Crippen molar-refractivity contribution in [2.24, 2.45) is 0 Å². The third kappa shape index (κ3) is 7.29. The number of fused-ring (bicyclic) bond motifs is 4. The van der Waals surface area contributed by atoms with Gasteiger partial charge in [-0.25, -0.2) is 0 Å². The molecular formula is C55H37N5OPt. The second-order valence-electron chi connectivity index (χ2n) is 14.9. The van der Waals surface area contributed by atoms with E-state index in [1.165, 1.54) is 0 Å². The average Bonchev–Trinajstić information content (AvgIpc) is 3.87. The summed E-state index contributed by atoms with van der Waals surface area (Å²) in [6.07, 6.45) is 3.62. The first-order valence-corrected chi connectivity index (χ1v) is 20.3. The predicted octanol–water partition coefficient (Wildman–Crippen LogP) is 14.7. The number of ether oxygens (including phenoxy) is 1. The van der Waals surface area contributed by atoms with Crippen molar-refractivity contribution in [3.63, 3.8) is 0 Å². The van der Waals surface area contributed by atoms with E-state index in [9.17, 15) is 0 Å². The number of pyridine rings is 1. The van der Waals surface area contributed by atoms with Crippen LogP contribution < -0.4 is 14.5 Å². The molecule has 0 saturated carbocycles. The van der Waals surface area contributed by atoms with Crippen molar-refractivity contribution in [1.29, 1.82) is 0 Å². The summed E-state index contributed by atoms with van der Waals surface area (Å²) in [6.45, 7) is 2.60. The van der Waals surface area contributed by atoms with Crippen LogP contribution in [0.25, 0.3) is 60.5 Å². The summed E-state index contributed by atoms with van der Waals surface area (Å²) in [5.74, 6) is 1.19. The van der Waals surface area contributed by atoms with Crippen LogP contribution in [0, 0.1) is 18.8 Å². The van der Waals surface area contributed by atoms with Crippen LogP contribution in [-0.4, -0.2) is 9.55 Å². The number of hydrogen-bond donors (Lipinski definition) is 0. The van der Waals surface area contributed by atoms with Gasteiger partial charge in [0.1, 0.15) is 0 Å². The fourth-order valence-electron chi connectivity index (χ4n) is 8.35. The van der Waals surface area contributed by atoms with Gasteiger partial charge in [-0.15, -0.1) is 53.8 Å². The molecule has 0 unspecified atom stereocenters. The van der Waals surface area contributed by atoms with Gasteiger partial charge in [-0.1, -0.05) is 146 Å². The first-order valence-electron chi connectivity index (χ1n) is 20.3. The Balaban J connectivity index is 0.00000458. The molecule has 11 rings (SSSR count). The van der Waals surface area contributed by atoms with Gasteiger partial charge >= 0.3 is 21.1 Å². The van der Waals surface area contributed by atoms with E-state index in [-0.39, 0.29) is 21.1 Å². The van der Waals surface area contributed by atoms with E-state index < -0.39 is 0 Å². The Bertz CT molecular complexity index is 3100. The molecule has 0 amide bonds. The van der Waals surface area contributed by atoms with Gasteiger partial charge < -0.3 is 24.4 Å². The summed E-state index contributed by atoms with van der Waals surface area (Å²) in [5, 5.41) is 7.26. The molecule has 1 aliphatic rings. The molecule has 3 heterocycles. The molecule has 0 atom stereocenters. The van der Waals surface area contributed by atoms with Crippen molar-refractivity contribution in [3.8, 4) is 44.9 Å². The minimum Gasteiger partial charge on any atom is -0.668 e. The van der Waals surface area contributed by atoms with Crippen LogP contribution in [0.1, 0.15) is 0 Å². The van der Waals surface area contributed by atoms with Crippen molar-refractivity contribution < 1.29 is 25.8 Å². The van der Waals surface area contributed by atoms with Crippen molar-refractivity contribution >= 4 is 50.2 Å². The largest absolute Gasteiger partial charge is 4.00 e. The molecule has 10 aromatic rings. The Labute approximate surface area is 375 Å². The SMILES string of the molecule is [Pt+4].[c-]1c(Oc2[c-]c3c(cc2)c2ccccc2n3C[N-]c2ccc(-c3ccncc3)cc2)cccc1N1[CH-]N(c2c(-c3ccccc3)cccc2-c2ccccc2)c2ccccc21. The molecule has 6 nitrogen and oxygen atoms in total. The topological polar surface area (TPSA) is 47.6 Å². The summed E-state index contributed by atoms with van der Waals surface area (Å²) >= 11 is 0. The van der Waals surface area contributed by atoms with Crippen LogP contribution in [0.15, 0.2) is 207 Å². The Hall–Kier alpha value is -7.40. The van der Waals surface area contributed by atoms with E-state index in [0.29, 0.717) is 18.2 Å². The van der Waals surface area contributed by atoms with Crippen molar-refractivity contribution in [2.45, 2.75) is 6.67 Å². The van der Waals surface area contributed by atoms with E-state index in [2.05, 4.69) is 202 Å². The number of para-hydroxylation sites is 4. The third-order valence-electron chi connectivity index (χ3n) is 11.2. The molecular weight excluding hydrogens is 942 g/mol. The monoisotopic (exact) mass is 978 g/mol. The number of nitrogens with zero attached hydrogens (tertiary/aromatic N) is 5. The normalized spacial score (nSPS) is 12.0. The molecule has 2 aromatic heterocycles. The molecule has 1 aliphatic heterocycles. The number of rotatable bonds is 10. The first-order chi connectivity index (χ1) is 30.2. The second kappa shape index (κ2) is 16.9. The molecule has 0 N–H and O–H groups in total. The Kier molecular flexibility index (Phi) is 10.6. The number of hydrogen-bond acceptors (Lipinski definition) is 4. The zero-order valence-corrected chi connectivity index (χ0v) is 35.6. The molecule has 0 bridgehead atoms. The quantitative estimate of drug-likeness (QED) is 0.128. The van der Waals surface area contributed by atoms with Crippen LogP contribution in [-0.2, 0) is 27.7 Å². The van der Waals surface area contributed by atoms with Gasteiger partial charge in [-0.05, 0) is 58.0 Å². The van der Waals surface area contributed by atoms with Gasteiger partial charge in [-0.2, -0.15) is 12.1 Å². The predicted molar refractivity (Wildman–Crippen MR) is 249 cm³/mol. The minimum atomic E-state index is 0. The molecule has 0 fully saturated rings. The van der Waals surface area contributed by atoms with Gasteiger partial charge in [0.2, 0.25) is 0 Å². The Morgan fingerprint density at radius 2 is 1.11 bits per heavy atom. The zero-order valence-electron chi connectivity index (χ0n) is 33.4. The molecule has 0 saturated heterocycles. The van der Waals surface area contributed by atoms with E-state index in [1.54, 1.807) is 0 Å². The zero-order chi connectivity index (χ0) is 40.5. The van der Waals surface area contributed by atoms with Gasteiger partial charge in [-0.3, -0.25) is 4.98 Å². The van der Waals surface area contributed by atoms with Gasteiger partial charge in [0.15, 0.2) is 0 Å². The van der Waals surface area contributed by atoms with Crippen molar-refractivity contribution in [1.82, 2.24) is 9.55 Å². The molecule has 0 spiro atoms. The summed E-state index contributed by atoms with van der Waals surface area (Å²) in [7, 11) is 0. The van der Waals surface area contributed by atoms with Crippen molar-refractivity contribution in [2.75, 3.05) is 9.80 Å². The molecule has 0 radical (unpaired) electrons. The molecule has 7 heteroatoms. The summed E-state index contributed by atoms with van der Waals surface area (Å²) < 4.78 is 8.80. The average molecular weight is 979 g/mol. The molecule has 62 heavy (non-hydrogen) atoms. The smallest absolute Gasteiger partial charge is 0.668 e. The standard InChI is InChI=1S/C55H37N5O.Pt/c1-3-13-41(14-4-1)47-20-12-21-48(42-15-5-2-6-16-42)55(47)60-38-59(52-23-9-10-24-53(52)60)44-17-11-18-45(35-44)61-46-29-30-50-49-19-7-8-22-51(49)58(54(50)36-46)37-57-43-27-25-39(26-28-43)40-31-33-56-34-32-40;/h1-34,38H,37H2;/q-4;+4. The number of aromatic nitrogens is 2.